The molecule has 0 unspecified atom stereocenters. The van der Waals surface area contributed by atoms with Crippen molar-refractivity contribution in [1.29, 1.82) is 0 Å². The van der Waals surface area contributed by atoms with Crippen LogP contribution in [0, 0.1) is 0 Å². The van der Waals surface area contributed by atoms with E-state index < -0.39 is 12.8 Å². The number of guanidine groups is 1. The molecule has 0 bridgehead atoms. The lowest BCUT2D eigenvalue weighted by Gasteiger charge is -2.12. The van der Waals surface area contributed by atoms with Gasteiger partial charge >= 0.3 is 6.18 Å². The molecule has 156 valence electrons. The summed E-state index contributed by atoms with van der Waals surface area (Å²) in [5.74, 6) is 0.374. The molecule has 0 atom stereocenters. The van der Waals surface area contributed by atoms with Crippen molar-refractivity contribution in [1.82, 2.24) is 10.6 Å². The third-order valence-electron chi connectivity index (χ3n) is 3.56. The first kappa shape index (κ1) is 22.1. The molecule has 9 heteroatoms. The van der Waals surface area contributed by atoms with Crippen LogP contribution in [0.2, 0.25) is 0 Å². The number of alkyl halides is 3. The van der Waals surface area contributed by atoms with Crippen LogP contribution in [0.1, 0.15) is 12.5 Å². The first-order chi connectivity index (χ1) is 13.9. The first-order valence-electron chi connectivity index (χ1n) is 9.01. The van der Waals surface area contributed by atoms with Crippen molar-refractivity contribution in [2.75, 3.05) is 25.0 Å². The topological polar surface area (TPSA) is 74.8 Å². The van der Waals surface area contributed by atoms with Crippen molar-refractivity contribution < 1.29 is 22.7 Å². The molecular formula is C20H23F3N4O2. The third kappa shape index (κ3) is 9.00. The van der Waals surface area contributed by atoms with Crippen LogP contribution in [0.25, 0.3) is 0 Å². The average Bonchev–Trinajstić information content (AvgIpc) is 2.69. The number of amides is 1. The van der Waals surface area contributed by atoms with Crippen molar-refractivity contribution >= 4 is 17.6 Å². The Morgan fingerprint density at radius 2 is 1.72 bits per heavy atom. The zero-order valence-electron chi connectivity index (χ0n) is 15.9. The summed E-state index contributed by atoms with van der Waals surface area (Å²) >= 11 is 0. The molecule has 0 heterocycles. The van der Waals surface area contributed by atoms with E-state index in [-0.39, 0.29) is 24.7 Å². The molecule has 0 aliphatic rings. The third-order valence-corrected chi connectivity index (χ3v) is 3.56. The number of aliphatic imine (C=N–C) groups is 1. The number of carbonyl (C=O) groups excluding carboxylic acids is 1. The lowest BCUT2D eigenvalue weighted by molar-refractivity contribution is -0.153. The van der Waals surface area contributed by atoms with E-state index in [0.29, 0.717) is 18.2 Å². The summed E-state index contributed by atoms with van der Waals surface area (Å²) in [5.41, 5.74) is 1.49. The molecule has 3 N–H and O–H groups in total. The van der Waals surface area contributed by atoms with Gasteiger partial charge in [0.1, 0.15) is 5.75 Å². The van der Waals surface area contributed by atoms with E-state index in [9.17, 15) is 18.0 Å². The number of hydrogen-bond acceptors (Lipinski definition) is 3. The summed E-state index contributed by atoms with van der Waals surface area (Å²) < 4.78 is 41.2. The van der Waals surface area contributed by atoms with Gasteiger partial charge in [-0.2, -0.15) is 13.2 Å². The minimum atomic E-state index is -4.37. The van der Waals surface area contributed by atoms with Crippen LogP contribution in [-0.2, 0) is 11.3 Å². The number of benzene rings is 2. The Hall–Kier alpha value is -3.23. The molecule has 1 amide bonds. The lowest BCUT2D eigenvalue weighted by atomic mass is 10.2. The summed E-state index contributed by atoms with van der Waals surface area (Å²) in [6, 6.07) is 15.3. The molecule has 0 spiro atoms. The number of rotatable bonds is 8. The van der Waals surface area contributed by atoms with Gasteiger partial charge in [0, 0.05) is 12.2 Å². The molecule has 0 saturated carbocycles. The first-order valence-corrected chi connectivity index (χ1v) is 9.01. The molecular weight excluding hydrogens is 385 g/mol. The maximum atomic E-state index is 12.2. The number of nitrogens with one attached hydrogen (secondary N) is 3. The van der Waals surface area contributed by atoms with Gasteiger partial charge in [0.25, 0.3) is 0 Å². The van der Waals surface area contributed by atoms with Gasteiger partial charge in [-0.15, -0.1) is 0 Å². The van der Waals surface area contributed by atoms with E-state index in [1.165, 1.54) is 12.1 Å². The van der Waals surface area contributed by atoms with Crippen molar-refractivity contribution in [3.8, 4) is 5.75 Å². The van der Waals surface area contributed by atoms with E-state index in [1.54, 1.807) is 24.3 Å². The Bertz CT molecular complexity index is 794. The number of ether oxygens (including phenoxy) is 1. The second kappa shape index (κ2) is 10.9. The normalized spacial score (nSPS) is 11.7. The van der Waals surface area contributed by atoms with Crippen molar-refractivity contribution in [3.63, 3.8) is 0 Å². The summed E-state index contributed by atoms with van der Waals surface area (Å²) in [4.78, 5) is 16.4. The van der Waals surface area contributed by atoms with Gasteiger partial charge in [-0.3, -0.25) is 4.79 Å². The van der Waals surface area contributed by atoms with Crippen molar-refractivity contribution in [2.45, 2.75) is 19.6 Å². The van der Waals surface area contributed by atoms with Gasteiger partial charge < -0.3 is 20.7 Å². The number of anilines is 1. The zero-order chi connectivity index (χ0) is 21.1. The average molecular weight is 408 g/mol. The number of carbonyl (C=O) groups is 1. The Balaban J connectivity index is 1.85. The molecule has 0 aromatic heterocycles. The summed E-state index contributed by atoms with van der Waals surface area (Å²) in [6.07, 6.45) is -4.37. The fraction of sp³-hybridized carbons (Fsp3) is 0.300. The smallest absolute Gasteiger partial charge is 0.422 e. The number of para-hydroxylation sites is 1. The van der Waals surface area contributed by atoms with Gasteiger partial charge in [-0.1, -0.05) is 30.3 Å². The van der Waals surface area contributed by atoms with Crippen LogP contribution in [-0.4, -0.2) is 37.7 Å². The van der Waals surface area contributed by atoms with Crippen LogP contribution < -0.4 is 20.7 Å². The molecule has 0 radical (unpaired) electrons. The lowest BCUT2D eigenvalue weighted by Crippen LogP contribution is -2.41. The molecule has 2 aromatic rings. The highest BCUT2D eigenvalue weighted by Gasteiger charge is 2.28. The molecule has 2 rings (SSSR count). The molecule has 0 saturated heterocycles. The summed E-state index contributed by atoms with van der Waals surface area (Å²) in [7, 11) is 0. The van der Waals surface area contributed by atoms with Crippen molar-refractivity contribution in [2.24, 2.45) is 4.99 Å². The SMILES string of the molecule is CCNC(=NCc1ccc(OCC(F)(F)F)cc1)NCC(=O)Nc1ccccc1. The predicted molar refractivity (Wildman–Crippen MR) is 106 cm³/mol. The van der Waals surface area contributed by atoms with Crippen LogP contribution in [0.15, 0.2) is 59.6 Å². The zero-order valence-corrected chi connectivity index (χ0v) is 15.9. The Labute approximate surface area is 167 Å². The van der Waals surface area contributed by atoms with E-state index in [0.717, 1.165) is 5.56 Å². The highest BCUT2D eigenvalue weighted by atomic mass is 19.4. The number of halogens is 3. The Kier molecular flexibility index (Phi) is 8.32. The van der Waals surface area contributed by atoms with Crippen LogP contribution in [0.3, 0.4) is 0 Å². The van der Waals surface area contributed by atoms with Crippen LogP contribution >= 0.6 is 0 Å². The number of nitrogens with zero attached hydrogens (tertiary/aromatic N) is 1. The minimum absolute atomic E-state index is 0.0327. The Morgan fingerprint density at radius 1 is 1.03 bits per heavy atom. The Morgan fingerprint density at radius 3 is 2.34 bits per heavy atom. The van der Waals surface area contributed by atoms with E-state index in [2.05, 4.69) is 25.7 Å². The largest absolute Gasteiger partial charge is 0.484 e. The summed E-state index contributed by atoms with van der Waals surface area (Å²) in [5, 5.41) is 8.73. The highest BCUT2D eigenvalue weighted by molar-refractivity contribution is 5.94. The summed E-state index contributed by atoms with van der Waals surface area (Å²) in [6.45, 7) is 1.49. The maximum absolute atomic E-state index is 12.2. The van der Waals surface area contributed by atoms with Gasteiger partial charge in [0.05, 0.1) is 13.1 Å². The highest BCUT2D eigenvalue weighted by Crippen LogP contribution is 2.19. The van der Waals surface area contributed by atoms with Gasteiger partial charge in [-0.05, 0) is 36.8 Å². The minimum Gasteiger partial charge on any atom is -0.484 e. The van der Waals surface area contributed by atoms with Crippen molar-refractivity contribution in [3.05, 3.63) is 60.2 Å². The van der Waals surface area contributed by atoms with E-state index in [4.69, 9.17) is 0 Å². The van der Waals surface area contributed by atoms with E-state index >= 15 is 0 Å². The fourth-order valence-corrected chi connectivity index (χ4v) is 2.26. The molecule has 2 aromatic carbocycles. The maximum Gasteiger partial charge on any atom is 0.422 e. The molecule has 6 nitrogen and oxygen atoms in total. The van der Waals surface area contributed by atoms with E-state index in [1.807, 2.05) is 25.1 Å². The second-order valence-electron chi connectivity index (χ2n) is 6.01. The van der Waals surface area contributed by atoms with Crippen LogP contribution in [0.5, 0.6) is 5.75 Å². The molecule has 29 heavy (non-hydrogen) atoms. The quantitative estimate of drug-likeness (QED) is 0.463. The fourth-order valence-electron chi connectivity index (χ4n) is 2.26. The monoisotopic (exact) mass is 408 g/mol. The van der Waals surface area contributed by atoms with Gasteiger partial charge in [-0.25, -0.2) is 4.99 Å². The number of hydrogen-bond donors (Lipinski definition) is 3. The molecule has 0 fully saturated rings. The molecule has 0 aliphatic carbocycles. The second-order valence-corrected chi connectivity index (χ2v) is 6.01. The van der Waals surface area contributed by atoms with Crippen LogP contribution in [0.4, 0.5) is 18.9 Å². The predicted octanol–water partition coefficient (Wildman–Crippen LogP) is 3.32. The van der Waals surface area contributed by atoms with Gasteiger partial charge in [0.2, 0.25) is 5.91 Å². The standard InChI is InChI=1S/C20H23F3N4O2/c1-2-24-19(26-13-18(28)27-16-6-4-3-5-7-16)25-12-15-8-10-17(11-9-15)29-14-20(21,22)23/h3-11H,2,12-14H2,1H3,(H,27,28)(H2,24,25,26). The van der Waals surface area contributed by atoms with Gasteiger partial charge in [0.15, 0.2) is 12.6 Å². The molecule has 0 aliphatic heterocycles.